The molecule has 1 N–H and O–H groups in total. The summed E-state index contributed by atoms with van der Waals surface area (Å²) < 4.78 is 0. The van der Waals surface area contributed by atoms with Gasteiger partial charge in [0.1, 0.15) is 11.5 Å². The molecule has 132 valence electrons. The van der Waals surface area contributed by atoms with E-state index in [-0.39, 0.29) is 17.9 Å². The average Bonchev–Trinajstić information content (AvgIpc) is 2.64. The minimum absolute atomic E-state index is 0.102. The van der Waals surface area contributed by atoms with Crippen molar-refractivity contribution in [3.8, 4) is 0 Å². The fourth-order valence-electron chi connectivity index (χ4n) is 3.02. The van der Waals surface area contributed by atoms with Crippen LogP contribution in [0.15, 0.2) is 36.8 Å². The highest BCUT2D eigenvalue weighted by molar-refractivity contribution is 5.92. The first-order chi connectivity index (χ1) is 12.1. The summed E-state index contributed by atoms with van der Waals surface area (Å²) in [6, 6.07) is 5.95. The standard InChI is InChI=1S/C19H25N5O/c1-14(2)18-21-9-5-17(23-18)19(25)22-16-6-10-24(11-7-16)13-15-4-3-8-20-12-15/h3-5,8-9,12,14,16H,6-7,10-11,13H2,1-2H3,(H,22,25). The largest absolute Gasteiger partial charge is 0.348 e. The fraction of sp³-hybridized carbons (Fsp3) is 0.474. The molecule has 0 bridgehead atoms. The third-order valence-corrected chi connectivity index (χ3v) is 4.48. The predicted octanol–water partition coefficient (Wildman–Crippen LogP) is 2.39. The van der Waals surface area contributed by atoms with Gasteiger partial charge in [0, 0.05) is 50.2 Å². The quantitative estimate of drug-likeness (QED) is 0.906. The van der Waals surface area contributed by atoms with Crippen molar-refractivity contribution in [1.82, 2.24) is 25.2 Å². The van der Waals surface area contributed by atoms with Gasteiger partial charge < -0.3 is 5.32 Å². The molecule has 0 radical (unpaired) electrons. The molecular weight excluding hydrogens is 314 g/mol. The number of likely N-dealkylation sites (tertiary alicyclic amines) is 1. The minimum atomic E-state index is -0.102. The summed E-state index contributed by atoms with van der Waals surface area (Å²) in [7, 11) is 0. The van der Waals surface area contributed by atoms with E-state index >= 15 is 0 Å². The van der Waals surface area contributed by atoms with Crippen LogP contribution < -0.4 is 5.32 Å². The Bertz CT molecular complexity index is 696. The van der Waals surface area contributed by atoms with Crippen molar-refractivity contribution in [2.75, 3.05) is 13.1 Å². The molecule has 0 saturated carbocycles. The van der Waals surface area contributed by atoms with Crippen LogP contribution >= 0.6 is 0 Å². The lowest BCUT2D eigenvalue weighted by atomic mass is 10.0. The highest BCUT2D eigenvalue weighted by Gasteiger charge is 2.22. The molecule has 25 heavy (non-hydrogen) atoms. The molecule has 0 atom stereocenters. The highest BCUT2D eigenvalue weighted by Crippen LogP contribution is 2.14. The summed E-state index contributed by atoms with van der Waals surface area (Å²) in [6.07, 6.45) is 7.27. The number of rotatable bonds is 5. The van der Waals surface area contributed by atoms with Crippen LogP contribution in [0, 0.1) is 0 Å². The predicted molar refractivity (Wildman–Crippen MR) is 96.1 cm³/mol. The summed E-state index contributed by atoms with van der Waals surface area (Å²) >= 11 is 0. The zero-order valence-electron chi connectivity index (χ0n) is 14.9. The fourth-order valence-corrected chi connectivity index (χ4v) is 3.02. The van der Waals surface area contributed by atoms with Crippen LogP contribution in [0.3, 0.4) is 0 Å². The first kappa shape index (κ1) is 17.5. The highest BCUT2D eigenvalue weighted by atomic mass is 16.1. The van der Waals surface area contributed by atoms with Gasteiger partial charge in [-0.25, -0.2) is 9.97 Å². The Morgan fingerprint density at radius 1 is 1.28 bits per heavy atom. The van der Waals surface area contributed by atoms with Gasteiger partial charge in [-0.05, 0) is 30.5 Å². The SMILES string of the molecule is CC(C)c1nccc(C(=O)NC2CCN(Cc3cccnc3)CC2)n1. The molecule has 0 spiro atoms. The van der Waals surface area contributed by atoms with Gasteiger partial charge in [0.25, 0.3) is 5.91 Å². The molecule has 1 amide bonds. The van der Waals surface area contributed by atoms with E-state index in [9.17, 15) is 4.79 Å². The van der Waals surface area contributed by atoms with Crippen LogP contribution in [0.2, 0.25) is 0 Å². The molecule has 1 fully saturated rings. The van der Waals surface area contributed by atoms with Gasteiger partial charge in [-0.3, -0.25) is 14.7 Å². The molecule has 0 unspecified atom stereocenters. The van der Waals surface area contributed by atoms with Gasteiger partial charge in [-0.1, -0.05) is 19.9 Å². The number of amides is 1. The normalized spacial score (nSPS) is 16.1. The summed E-state index contributed by atoms with van der Waals surface area (Å²) in [5.74, 6) is 0.817. The number of pyridine rings is 1. The maximum Gasteiger partial charge on any atom is 0.270 e. The van der Waals surface area contributed by atoms with Crippen molar-refractivity contribution in [3.63, 3.8) is 0 Å². The second-order valence-corrected chi connectivity index (χ2v) is 6.84. The first-order valence-corrected chi connectivity index (χ1v) is 8.87. The van der Waals surface area contributed by atoms with E-state index < -0.39 is 0 Å². The monoisotopic (exact) mass is 339 g/mol. The summed E-state index contributed by atoms with van der Waals surface area (Å²) in [6.45, 7) is 6.91. The minimum Gasteiger partial charge on any atom is -0.348 e. The molecule has 0 aromatic carbocycles. The van der Waals surface area contributed by atoms with Crippen molar-refractivity contribution in [2.24, 2.45) is 0 Å². The molecule has 0 aliphatic carbocycles. The Kier molecular flexibility index (Phi) is 5.71. The number of carbonyl (C=O) groups excluding carboxylic acids is 1. The van der Waals surface area contributed by atoms with Gasteiger partial charge in [0.2, 0.25) is 0 Å². The maximum absolute atomic E-state index is 12.4. The third-order valence-electron chi connectivity index (χ3n) is 4.48. The molecule has 1 saturated heterocycles. The average molecular weight is 339 g/mol. The number of nitrogens with zero attached hydrogens (tertiary/aromatic N) is 4. The van der Waals surface area contributed by atoms with E-state index in [4.69, 9.17) is 0 Å². The molecule has 3 heterocycles. The topological polar surface area (TPSA) is 71.0 Å². The summed E-state index contributed by atoms with van der Waals surface area (Å²) in [5, 5.41) is 3.12. The molecular formula is C19H25N5O. The van der Waals surface area contributed by atoms with Crippen LogP contribution in [-0.4, -0.2) is 44.9 Å². The second-order valence-electron chi connectivity index (χ2n) is 6.84. The summed E-state index contributed by atoms with van der Waals surface area (Å²) in [4.78, 5) is 27.6. The molecule has 1 aliphatic rings. The lowest BCUT2D eigenvalue weighted by molar-refractivity contribution is 0.0903. The van der Waals surface area contributed by atoms with E-state index in [0.717, 1.165) is 32.5 Å². The zero-order chi connectivity index (χ0) is 17.6. The molecule has 6 heteroatoms. The van der Waals surface area contributed by atoms with Gasteiger partial charge in [-0.15, -0.1) is 0 Å². The van der Waals surface area contributed by atoms with Crippen molar-refractivity contribution < 1.29 is 4.79 Å². The number of piperidine rings is 1. The number of aromatic nitrogens is 3. The Morgan fingerprint density at radius 3 is 2.76 bits per heavy atom. The van der Waals surface area contributed by atoms with Gasteiger partial charge in [0.05, 0.1) is 0 Å². The van der Waals surface area contributed by atoms with E-state index in [2.05, 4.69) is 31.2 Å². The number of hydrogen-bond donors (Lipinski definition) is 1. The molecule has 3 rings (SSSR count). The van der Waals surface area contributed by atoms with Crippen LogP contribution in [0.25, 0.3) is 0 Å². The van der Waals surface area contributed by atoms with Crippen molar-refractivity contribution in [3.05, 3.63) is 53.9 Å². The maximum atomic E-state index is 12.4. The van der Waals surface area contributed by atoms with Crippen molar-refractivity contribution in [2.45, 2.75) is 45.2 Å². The van der Waals surface area contributed by atoms with Crippen LogP contribution in [0.5, 0.6) is 0 Å². The van der Waals surface area contributed by atoms with Gasteiger partial charge in [0.15, 0.2) is 0 Å². The Hall–Kier alpha value is -2.34. The van der Waals surface area contributed by atoms with Crippen LogP contribution in [0.1, 0.15) is 54.5 Å². The number of carbonyl (C=O) groups is 1. The summed E-state index contributed by atoms with van der Waals surface area (Å²) in [5.41, 5.74) is 1.68. The van der Waals surface area contributed by atoms with E-state index in [1.807, 2.05) is 26.1 Å². The lowest BCUT2D eigenvalue weighted by Gasteiger charge is -2.32. The number of hydrogen-bond acceptors (Lipinski definition) is 5. The van der Waals surface area contributed by atoms with Crippen LogP contribution in [0.4, 0.5) is 0 Å². The molecule has 2 aromatic heterocycles. The zero-order valence-corrected chi connectivity index (χ0v) is 14.9. The lowest BCUT2D eigenvalue weighted by Crippen LogP contribution is -2.44. The number of nitrogens with one attached hydrogen (secondary N) is 1. The smallest absolute Gasteiger partial charge is 0.270 e. The Balaban J connectivity index is 1.50. The van der Waals surface area contributed by atoms with E-state index in [1.54, 1.807) is 18.5 Å². The second kappa shape index (κ2) is 8.16. The Labute approximate surface area is 148 Å². The third kappa shape index (κ3) is 4.82. The van der Waals surface area contributed by atoms with Crippen LogP contribution in [-0.2, 0) is 6.54 Å². The van der Waals surface area contributed by atoms with Crippen molar-refractivity contribution in [1.29, 1.82) is 0 Å². The van der Waals surface area contributed by atoms with E-state index in [0.29, 0.717) is 11.5 Å². The first-order valence-electron chi connectivity index (χ1n) is 8.87. The Morgan fingerprint density at radius 2 is 2.08 bits per heavy atom. The molecule has 2 aromatic rings. The van der Waals surface area contributed by atoms with Crippen molar-refractivity contribution >= 4 is 5.91 Å². The molecule has 6 nitrogen and oxygen atoms in total. The molecule has 1 aliphatic heterocycles. The van der Waals surface area contributed by atoms with Gasteiger partial charge >= 0.3 is 0 Å². The van der Waals surface area contributed by atoms with Gasteiger partial charge in [-0.2, -0.15) is 0 Å². The van der Waals surface area contributed by atoms with E-state index in [1.165, 1.54) is 5.56 Å².